The SMILES string of the molecule is CCCc1ccc(-c2ccc(C3CCC(CCc4ccc(CC)c(F)c4)CC3)c(F)c2F)cc1. The molecule has 34 heavy (non-hydrogen) atoms. The van der Waals surface area contributed by atoms with Crippen LogP contribution >= 0.6 is 0 Å². The van der Waals surface area contributed by atoms with Crippen molar-refractivity contribution in [1.82, 2.24) is 0 Å². The maximum Gasteiger partial charge on any atom is 0.166 e. The number of halogens is 3. The van der Waals surface area contributed by atoms with E-state index in [1.807, 2.05) is 43.3 Å². The third-order valence-electron chi connectivity index (χ3n) is 7.54. The Morgan fingerprint density at radius 3 is 2.09 bits per heavy atom. The first-order chi connectivity index (χ1) is 16.5. The Hall–Kier alpha value is -2.55. The Labute approximate surface area is 202 Å². The van der Waals surface area contributed by atoms with Gasteiger partial charge >= 0.3 is 0 Å². The van der Waals surface area contributed by atoms with E-state index in [2.05, 4.69) is 6.92 Å². The first-order valence-corrected chi connectivity index (χ1v) is 12.8. The fourth-order valence-electron chi connectivity index (χ4n) is 5.41. The molecule has 0 saturated heterocycles. The molecule has 0 spiro atoms. The minimum absolute atomic E-state index is 0.0630. The summed E-state index contributed by atoms with van der Waals surface area (Å²) >= 11 is 0. The van der Waals surface area contributed by atoms with E-state index in [0.29, 0.717) is 23.5 Å². The second-order valence-corrected chi connectivity index (χ2v) is 9.81. The summed E-state index contributed by atoms with van der Waals surface area (Å²) in [5.41, 5.74) is 4.58. The number of hydrogen-bond donors (Lipinski definition) is 0. The second-order valence-electron chi connectivity index (χ2n) is 9.81. The zero-order valence-corrected chi connectivity index (χ0v) is 20.3. The molecular weight excluding hydrogens is 429 g/mol. The monoisotopic (exact) mass is 464 g/mol. The Kier molecular flexibility index (Phi) is 8.13. The minimum atomic E-state index is -0.736. The van der Waals surface area contributed by atoms with Crippen LogP contribution in [0, 0.1) is 23.4 Å². The molecule has 0 aromatic heterocycles. The van der Waals surface area contributed by atoms with Crippen molar-refractivity contribution in [2.24, 2.45) is 5.92 Å². The van der Waals surface area contributed by atoms with E-state index in [0.717, 1.165) is 68.1 Å². The largest absolute Gasteiger partial charge is 0.207 e. The third-order valence-corrected chi connectivity index (χ3v) is 7.54. The summed E-state index contributed by atoms with van der Waals surface area (Å²) in [5.74, 6) is -0.918. The molecule has 1 aliphatic carbocycles. The quantitative estimate of drug-likeness (QED) is 0.312. The summed E-state index contributed by atoms with van der Waals surface area (Å²) in [6, 6.07) is 16.9. The van der Waals surface area contributed by atoms with E-state index >= 15 is 8.78 Å². The first-order valence-electron chi connectivity index (χ1n) is 12.8. The van der Waals surface area contributed by atoms with Crippen LogP contribution in [-0.4, -0.2) is 0 Å². The first kappa shape index (κ1) is 24.6. The van der Waals surface area contributed by atoms with Gasteiger partial charge in [0.1, 0.15) is 5.82 Å². The molecule has 3 aromatic carbocycles. The highest BCUT2D eigenvalue weighted by molar-refractivity contribution is 5.65. The zero-order valence-electron chi connectivity index (χ0n) is 20.3. The van der Waals surface area contributed by atoms with E-state index in [9.17, 15) is 4.39 Å². The van der Waals surface area contributed by atoms with Crippen LogP contribution in [0.25, 0.3) is 11.1 Å². The van der Waals surface area contributed by atoms with Crippen molar-refractivity contribution in [1.29, 1.82) is 0 Å². The van der Waals surface area contributed by atoms with Gasteiger partial charge in [0.2, 0.25) is 0 Å². The normalized spacial score (nSPS) is 18.3. The molecule has 0 unspecified atom stereocenters. The molecular formula is C31H35F3. The highest BCUT2D eigenvalue weighted by Gasteiger charge is 2.26. The van der Waals surface area contributed by atoms with Gasteiger partial charge in [0.15, 0.2) is 11.6 Å². The zero-order chi connectivity index (χ0) is 24.1. The molecule has 0 nitrogen and oxygen atoms in total. The van der Waals surface area contributed by atoms with Crippen molar-refractivity contribution in [3.63, 3.8) is 0 Å². The lowest BCUT2D eigenvalue weighted by Crippen LogP contribution is -2.15. The minimum Gasteiger partial charge on any atom is -0.207 e. The van der Waals surface area contributed by atoms with E-state index in [4.69, 9.17) is 0 Å². The number of hydrogen-bond acceptors (Lipinski definition) is 0. The van der Waals surface area contributed by atoms with Crippen LogP contribution in [0.5, 0.6) is 0 Å². The van der Waals surface area contributed by atoms with Gasteiger partial charge in [-0.2, -0.15) is 0 Å². The highest BCUT2D eigenvalue weighted by Crippen LogP contribution is 2.40. The predicted octanol–water partition coefficient (Wildman–Crippen LogP) is 9.19. The molecule has 1 saturated carbocycles. The Morgan fingerprint density at radius 1 is 0.735 bits per heavy atom. The van der Waals surface area contributed by atoms with Gasteiger partial charge in [-0.05, 0) is 97.1 Å². The van der Waals surface area contributed by atoms with Crippen LogP contribution in [-0.2, 0) is 19.3 Å². The summed E-state index contributed by atoms with van der Waals surface area (Å²) in [4.78, 5) is 0. The molecule has 1 fully saturated rings. The van der Waals surface area contributed by atoms with Crippen LogP contribution < -0.4 is 0 Å². The number of rotatable bonds is 8. The highest BCUT2D eigenvalue weighted by atomic mass is 19.2. The average molecular weight is 465 g/mol. The van der Waals surface area contributed by atoms with Crippen LogP contribution in [0.2, 0.25) is 0 Å². The lowest BCUT2D eigenvalue weighted by Gasteiger charge is -2.29. The van der Waals surface area contributed by atoms with Gasteiger partial charge in [0.05, 0.1) is 0 Å². The van der Waals surface area contributed by atoms with Crippen LogP contribution in [0.4, 0.5) is 13.2 Å². The molecule has 180 valence electrons. The molecule has 0 bridgehead atoms. The third kappa shape index (κ3) is 5.56. The molecule has 4 rings (SSSR count). The molecule has 3 aromatic rings. The van der Waals surface area contributed by atoms with Gasteiger partial charge in [-0.25, -0.2) is 13.2 Å². The van der Waals surface area contributed by atoms with Crippen LogP contribution in [0.1, 0.15) is 80.5 Å². The number of benzene rings is 3. The molecule has 0 atom stereocenters. The Morgan fingerprint density at radius 2 is 1.44 bits per heavy atom. The molecule has 0 amide bonds. The van der Waals surface area contributed by atoms with Gasteiger partial charge in [0, 0.05) is 5.56 Å². The van der Waals surface area contributed by atoms with Crippen molar-refractivity contribution in [2.75, 3.05) is 0 Å². The van der Waals surface area contributed by atoms with Crippen molar-refractivity contribution >= 4 is 0 Å². The van der Waals surface area contributed by atoms with E-state index in [1.165, 1.54) is 5.56 Å². The average Bonchev–Trinajstić information content (AvgIpc) is 2.86. The topological polar surface area (TPSA) is 0 Å². The fraction of sp³-hybridized carbons (Fsp3) is 0.419. The fourth-order valence-corrected chi connectivity index (χ4v) is 5.41. The molecule has 0 aliphatic heterocycles. The smallest absolute Gasteiger partial charge is 0.166 e. The van der Waals surface area contributed by atoms with Crippen molar-refractivity contribution in [3.8, 4) is 11.1 Å². The van der Waals surface area contributed by atoms with Crippen LogP contribution in [0.3, 0.4) is 0 Å². The van der Waals surface area contributed by atoms with Gasteiger partial charge < -0.3 is 0 Å². The molecule has 3 heteroatoms. The second kappa shape index (κ2) is 11.3. The summed E-state index contributed by atoms with van der Waals surface area (Å²) in [6.07, 6.45) is 8.38. The van der Waals surface area contributed by atoms with E-state index < -0.39 is 11.6 Å². The standard InChI is InChI=1S/C31H35F3/c1-3-5-21-8-14-25(15-9-21)27-18-19-28(31(34)30(27)33)26-16-10-22(11-17-26)6-7-23-12-13-24(4-2)29(32)20-23/h8-9,12-15,18-20,22,26H,3-7,10-11,16-17H2,1-2H3. The predicted molar refractivity (Wildman–Crippen MR) is 135 cm³/mol. The van der Waals surface area contributed by atoms with Gasteiger partial charge in [-0.15, -0.1) is 0 Å². The summed E-state index contributed by atoms with van der Waals surface area (Å²) in [5, 5.41) is 0. The maximum absolute atomic E-state index is 15.1. The number of aryl methyl sites for hydroxylation is 3. The van der Waals surface area contributed by atoms with Crippen molar-refractivity contribution < 1.29 is 13.2 Å². The molecule has 0 heterocycles. The maximum atomic E-state index is 15.1. The summed E-state index contributed by atoms with van der Waals surface area (Å²) < 4.78 is 44.2. The molecule has 0 N–H and O–H groups in total. The van der Waals surface area contributed by atoms with Gasteiger partial charge in [-0.3, -0.25) is 0 Å². The van der Waals surface area contributed by atoms with Gasteiger partial charge in [0.25, 0.3) is 0 Å². The van der Waals surface area contributed by atoms with E-state index in [1.54, 1.807) is 18.2 Å². The lowest BCUT2D eigenvalue weighted by atomic mass is 9.76. The Bertz CT molecular complexity index is 1090. The van der Waals surface area contributed by atoms with Gasteiger partial charge in [-0.1, -0.05) is 68.8 Å². The summed E-state index contributed by atoms with van der Waals surface area (Å²) in [7, 11) is 0. The lowest BCUT2D eigenvalue weighted by molar-refractivity contribution is 0.305. The molecule has 1 aliphatic rings. The van der Waals surface area contributed by atoms with Crippen molar-refractivity contribution in [3.05, 3.63) is 94.3 Å². The summed E-state index contributed by atoms with van der Waals surface area (Å²) in [6.45, 7) is 4.09. The Balaban J connectivity index is 1.36. The van der Waals surface area contributed by atoms with Crippen molar-refractivity contribution in [2.45, 2.75) is 77.6 Å². The van der Waals surface area contributed by atoms with Crippen LogP contribution in [0.15, 0.2) is 54.6 Å². The molecule has 0 radical (unpaired) electrons. The van der Waals surface area contributed by atoms with E-state index in [-0.39, 0.29) is 11.7 Å².